The smallest absolute Gasteiger partial charge is 0.224 e. The fourth-order valence-corrected chi connectivity index (χ4v) is 2.72. The zero-order chi connectivity index (χ0) is 14.7. The van der Waals surface area contributed by atoms with Crippen molar-refractivity contribution >= 4 is 11.8 Å². The lowest BCUT2D eigenvalue weighted by Gasteiger charge is -2.30. The van der Waals surface area contributed by atoms with Crippen LogP contribution in [0.15, 0.2) is 30.3 Å². The maximum atomic E-state index is 4.67. The highest BCUT2D eigenvalue weighted by molar-refractivity contribution is 5.48. The van der Waals surface area contributed by atoms with E-state index < -0.39 is 0 Å². The van der Waals surface area contributed by atoms with Crippen LogP contribution in [0, 0.1) is 6.92 Å². The summed E-state index contributed by atoms with van der Waals surface area (Å²) in [6.45, 7) is 7.03. The molecule has 0 saturated heterocycles. The second-order valence-electron chi connectivity index (χ2n) is 5.56. The lowest BCUT2D eigenvalue weighted by atomic mass is 10.00. The fourth-order valence-electron chi connectivity index (χ4n) is 2.72. The number of benzene rings is 1. The molecule has 110 valence electrons. The van der Waals surface area contributed by atoms with E-state index in [9.17, 15) is 0 Å². The number of nitrogens with zero attached hydrogens (tertiary/aromatic N) is 3. The van der Waals surface area contributed by atoms with Crippen molar-refractivity contribution in [3.8, 4) is 0 Å². The Bertz CT molecular complexity index is 624. The summed E-state index contributed by atoms with van der Waals surface area (Å²) in [5, 5.41) is 3.28. The third-order valence-electron chi connectivity index (χ3n) is 3.83. The van der Waals surface area contributed by atoms with Gasteiger partial charge in [0.1, 0.15) is 5.82 Å². The minimum atomic E-state index is 0.741. The summed E-state index contributed by atoms with van der Waals surface area (Å²) in [7, 11) is 0. The Kier molecular flexibility index (Phi) is 4.04. The maximum Gasteiger partial charge on any atom is 0.224 e. The quantitative estimate of drug-likeness (QED) is 0.935. The molecule has 0 unspecified atom stereocenters. The molecule has 0 amide bonds. The van der Waals surface area contributed by atoms with Crippen LogP contribution in [0.4, 0.5) is 11.8 Å². The van der Waals surface area contributed by atoms with Gasteiger partial charge in [0.15, 0.2) is 0 Å². The van der Waals surface area contributed by atoms with Gasteiger partial charge in [0.05, 0.1) is 0 Å². The summed E-state index contributed by atoms with van der Waals surface area (Å²) in [5.74, 6) is 1.77. The molecule has 1 aliphatic rings. The van der Waals surface area contributed by atoms with Gasteiger partial charge < -0.3 is 10.2 Å². The van der Waals surface area contributed by atoms with Crippen molar-refractivity contribution in [1.29, 1.82) is 0 Å². The lowest BCUT2D eigenvalue weighted by Crippen LogP contribution is -2.31. The first-order valence-electron chi connectivity index (χ1n) is 7.67. The van der Waals surface area contributed by atoms with Gasteiger partial charge in [0.2, 0.25) is 5.95 Å². The van der Waals surface area contributed by atoms with E-state index in [-0.39, 0.29) is 0 Å². The molecular weight excluding hydrogens is 260 g/mol. The average molecular weight is 282 g/mol. The van der Waals surface area contributed by atoms with Gasteiger partial charge in [-0.2, -0.15) is 4.98 Å². The van der Waals surface area contributed by atoms with Gasteiger partial charge in [-0.05, 0) is 30.9 Å². The van der Waals surface area contributed by atoms with Crippen molar-refractivity contribution in [2.75, 3.05) is 23.3 Å². The highest BCUT2D eigenvalue weighted by Crippen LogP contribution is 2.24. The topological polar surface area (TPSA) is 41.1 Å². The fraction of sp³-hybridized carbons (Fsp3) is 0.412. The third kappa shape index (κ3) is 3.15. The molecule has 1 aliphatic heterocycles. The van der Waals surface area contributed by atoms with Gasteiger partial charge in [-0.15, -0.1) is 0 Å². The third-order valence-corrected chi connectivity index (χ3v) is 3.83. The van der Waals surface area contributed by atoms with Crippen LogP contribution in [-0.2, 0) is 13.0 Å². The molecule has 1 aromatic carbocycles. The van der Waals surface area contributed by atoms with Crippen molar-refractivity contribution in [2.45, 2.75) is 33.2 Å². The first kappa shape index (κ1) is 13.9. The number of hydrogen-bond acceptors (Lipinski definition) is 4. The van der Waals surface area contributed by atoms with Crippen LogP contribution in [0.5, 0.6) is 0 Å². The summed E-state index contributed by atoms with van der Waals surface area (Å²) < 4.78 is 0. The summed E-state index contributed by atoms with van der Waals surface area (Å²) in [5.41, 5.74) is 3.88. The molecule has 4 nitrogen and oxygen atoms in total. The number of aromatic nitrogens is 2. The SMILES string of the molecule is CCCNc1nc(C)cc(N2CCc3ccccc3C2)n1. The van der Waals surface area contributed by atoms with Crippen molar-refractivity contribution in [1.82, 2.24) is 9.97 Å². The molecule has 0 spiro atoms. The molecule has 21 heavy (non-hydrogen) atoms. The van der Waals surface area contributed by atoms with Crippen molar-refractivity contribution < 1.29 is 0 Å². The average Bonchev–Trinajstić information content (AvgIpc) is 2.52. The summed E-state index contributed by atoms with van der Waals surface area (Å²) in [6, 6.07) is 10.8. The highest BCUT2D eigenvalue weighted by atomic mass is 15.2. The number of fused-ring (bicyclic) bond motifs is 1. The van der Waals surface area contributed by atoms with E-state index in [1.165, 1.54) is 11.1 Å². The van der Waals surface area contributed by atoms with E-state index >= 15 is 0 Å². The van der Waals surface area contributed by atoms with E-state index in [0.717, 1.165) is 49.9 Å². The van der Waals surface area contributed by atoms with Crippen LogP contribution in [0.2, 0.25) is 0 Å². The Morgan fingerprint density at radius 3 is 2.81 bits per heavy atom. The summed E-state index contributed by atoms with van der Waals surface area (Å²) >= 11 is 0. The molecule has 0 bridgehead atoms. The maximum absolute atomic E-state index is 4.67. The van der Waals surface area contributed by atoms with Crippen molar-refractivity contribution in [3.05, 3.63) is 47.2 Å². The Morgan fingerprint density at radius 1 is 1.19 bits per heavy atom. The van der Waals surface area contributed by atoms with Gasteiger partial charge in [-0.25, -0.2) is 4.98 Å². The van der Waals surface area contributed by atoms with Crippen LogP contribution < -0.4 is 10.2 Å². The zero-order valence-electron chi connectivity index (χ0n) is 12.8. The molecule has 2 aromatic rings. The molecule has 2 heterocycles. The molecule has 0 fully saturated rings. The summed E-state index contributed by atoms with van der Waals surface area (Å²) in [6.07, 6.45) is 2.15. The largest absolute Gasteiger partial charge is 0.354 e. The van der Waals surface area contributed by atoms with Crippen molar-refractivity contribution in [3.63, 3.8) is 0 Å². The Balaban J connectivity index is 1.83. The molecule has 0 aliphatic carbocycles. The summed E-state index contributed by atoms with van der Waals surface area (Å²) in [4.78, 5) is 11.5. The minimum Gasteiger partial charge on any atom is -0.354 e. The standard InChI is InChI=1S/C17H22N4/c1-3-9-18-17-19-13(2)11-16(20-17)21-10-8-14-6-4-5-7-15(14)12-21/h4-7,11H,3,8-10,12H2,1-2H3,(H,18,19,20). The number of rotatable bonds is 4. The highest BCUT2D eigenvalue weighted by Gasteiger charge is 2.17. The van der Waals surface area contributed by atoms with Crippen molar-refractivity contribution in [2.24, 2.45) is 0 Å². The predicted molar refractivity (Wildman–Crippen MR) is 86.7 cm³/mol. The Morgan fingerprint density at radius 2 is 2.00 bits per heavy atom. The zero-order valence-corrected chi connectivity index (χ0v) is 12.8. The van der Waals surface area contributed by atoms with Gasteiger partial charge in [-0.1, -0.05) is 31.2 Å². The van der Waals surface area contributed by atoms with Crippen LogP contribution in [-0.4, -0.2) is 23.1 Å². The molecule has 0 radical (unpaired) electrons. The number of aryl methyl sites for hydroxylation is 1. The molecule has 3 rings (SSSR count). The van der Waals surface area contributed by atoms with Gasteiger partial charge >= 0.3 is 0 Å². The van der Waals surface area contributed by atoms with Gasteiger partial charge in [-0.3, -0.25) is 0 Å². The van der Waals surface area contributed by atoms with Crippen LogP contribution in [0.25, 0.3) is 0 Å². The molecule has 1 N–H and O–H groups in total. The molecule has 0 atom stereocenters. The van der Waals surface area contributed by atoms with Crippen LogP contribution in [0.3, 0.4) is 0 Å². The van der Waals surface area contributed by atoms with E-state index in [1.807, 2.05) is 6.92 Å². The monoisotopic (exact) mass is 282 g/mol. The van der Waals surface area contributed by atoms with Crippen LogP contribution >= 0.6 is 0 Å². The first-order chi connectivity index (χ1) is 10.3. The molecule has 0 saturated carbocycles. The minimum absolute atomic E-state index is 0.741. The van der Waals surface area contributed by atoms with Crippen LogP contribution in [0.1, 0.15) is 30.2 Å². The van der Waals surface area contributed by atoms with E-state index in [4.69, 9.17) is 0 Å². The van der Waals surface area contributed by atoms with E-state index in [1.54, 1.807) is 0 Å². The Hall–Kier alpha value is -2.10. The van der Waals surface area contributed by atoms with Gasteiger partial charge in [0, 0.05) is 31.4 Å². The first-order valence-corrected chi connectivity index (χ1v) is 7.67. The predicted octanol–water partition coefficient (Wildman–Crippen LogP) is 3.17. The number of anilines is 2. The van der Waals surface area contributed by atoms with E-state index in [0.29, 0.717) is 0 Å². The Labute approximate surface area is 126 Å². The second-order valence-corrected chi connectivity index (χ2v) is 5.56. The lowest BCUT2D eigenvalue weighted by molar-refractivity contribution is 0.718. The van der Waals surface area contributed by atoms with E-state index in [2.05, 4.69) is 57.4 Å². The molecular formula is C17H22N4. The number of nitrogens with one attached hydrogen (secondary N) is 1. The van der Waals surface area contributed by atoms with Gasteiger partial charge in [0.25, 0.3) is 0 Å². The molecule has 4 heteroatoms. The normalized spacial score (nSPS) is 13.9. The number of hydrogen-bond donors (Lipinski definition) is 1. The second kappa shape index (κ2) is 6.12. The molecule has 1 aromatic heterocycles.